The van der Waals surface area contributed by atoms with E-state index >= 15 is 0 Å². The standard InChI is InChI=1S/C18H26N4O3/c1-12(2)6-21-18(24)15-5-14-9-22(10-16(15)25-14)17(23)4-3-13-7-19-11-20-8-13/h7-8,11-12,14-16H,3-6,9-10H2,1-2H3,(H,21,24). The molecule has 0 aliphatic carbocycles. The van der Waals surface area contributed by atoms with Gasteiger partial charge in [-0.05, 0) is 24.3 Å². The third-order valence-electron chi connectivity index (χ3n) is 4.77. The molecule has 1 aromatic heterocycles. The molecule has 0 saturated carbocycles. The highest BCUT2D eigenvalue weighted by molar-refractivity contribution is 5.80. The molecule has 1 aromatic rings. The zero-order valence-electron chi connectivity index (χ0n) is 14.9. The van der Waals surface area contributed by atoms with E-state index in [4.69, 9.17) is 4.74 Å². The van der Waals surface area contributed by atoms with Gasteiger partial charge in [-0.3, -0.25) is 9.59 Å². The molecule has 136 valence electrons. The molecule has 3 heterocycles. The lowest BCUT2D eigenvalue weighted by Gasteiger charge is -2.33. The molecule has 0 aromatic carbocycles. The molecule has 2 saturated heterocycles. The van der Waals surface area contributed by atoms with Crippen molar-refractivity contribution >= 4 is 11.8 Å². The number of likely N-dealkylation sites (tertiary alicyclic amines) is 1. The molecule has 7 nitrogen and oxygen atoms in total. The average Bonchev–Trinajstić information content (AvgIpc) is 2.92. The van der Waals surface area contributed by atoms with E-state index in [1.807, 2.05) is 4.90 Å². The van der Waals surface area contributed by atoms with Crippen molar-refractivity contribution < 1.29 is 14.3 Å². The van der Waals surface area contributed by atoms with Crippen LogP contribution in [0.1, 0.15) is 32.3 Å². The molecule has 2 amide bonds. The second kappa shape index (κ2) is 7.91. The summed E-state index contributed by atoms with van der Waals surface area (Å²) in [5.41, 5.74) is 0.957. The Morgan fingerprint density at radius 1 is 1.32 bits per heavy atom. The summed E-state index contributed by atoms with van der Waals surface area (Å²) in [6.07, 6.45) is 6.49. The number of ether oxygens (including phenoxy) is 1. The third-order valence-corrected chi connectivity index (χ3v) is 4.77. The zero-order valence-corrected chi connectivity index (χ0v) is 14.9. The molecule has 25 heavy (non-hydrogen) atoms. The van der Waals surface area contributed by atoms with E-state index in [1.165, 1.54) is 6.33 Å². The van der Waals surface area contributed by atoms with Crippen LogP contribution in [0.3, 0.4) is 0 Å². The smallest absolute Gasteiger partial charge is 0.225 e. The Labute approximate surface area is 148 Å². The van der Waals surface area contributed by atoms with Gasteiger partial charge in [0.1, 0.15) is 6.33 Å². The Kier molecular flexibility index (Phi) is 5.63. The number of carbonyl (C=O) groups is 2. The first-order valence-corrected chi connectivity index (χ1v) is 8.97. The van der Waals surface area contributed by atoms with Gasteiger partial charge in [0.25, 0.3) is 0 Å². The lowest BCUT2D eigenvalue weighted by atomic mass is 9.99. The fourth-order valence-corrected chi connectivity index (χ4v) is 3.44. The van der Waals surface area contributed by atoms with Crippen LogP contribution in [0.4, 0.5) is 0 Å². The number of hydrogen-bond donors (Lipinski definition) is 1. The van der Waals surface area contributed by atoms with Gasteiger partial charge in [-0.25, -0.2) is 9.97 Å². The molecule has 2 aliphatic rings. The van der Waals surface area contributed by atoms with Crippen LogP contribution in [0.5, 0.6) is 0 Å². The number of carbonyl (C=O) groups excluding carboxylic acids is 2. The van der Waals surface area contributed by atoms with Crippen LogP contribution in [0.2, 0.25) is 0 Å². The summed E-state index contributed by atoms with van der Waals surface area (Å²) >= 11 is 0. The van der Waals surface area contributed by atoms with E-state index in [9.17, 15) is 9.59 Å². The lowest BCUT2D eigenvalue weighted by molar-refractivity contribution is -0.142. The highest BCUT2D eigenvalue weighted by Gasteiger charge is 2.45. The first-order valence-electron chi connectivity index (χ1n) is 8.97. The summed E-state index contributed by atoms with van der Waals surface area (Å²) in [7, 11) is 0. The summed E-state index contributed by atoms with van der Waals surface area (Å²) in [6, 6.07) is 0. The first kappa shape index (κ1) is 17.8. The number of rotatable bonds is 6. The van der Waals surface area contributed by atoms with Crippen molar-refractivity contribution in [2.75, 3.05) is 19.6 Å². The first-order chi connectivity index (χ1) is 12.0. The highest BCUT2D eigenvalue weighted by Crippen LogP contribution is 2.32. The van der Waals surface area contributed by atoms with Crippen molar-refractivity contribution in [1.29, 1.82) is 0 Å². The van der Waals surface area contributed by atoms with Gasteiger partial charge in [-0.2, -0.15) is 0 Å². The molecule has 2 fully saturated rings. The minimum absolute atomic E-state index is 0.0300. The second-order valence-electron chi connectivity index (χ2n) is 7.32. The van der Waals surface area contributed by atoms with Crippen LogP contribution >= 0.6 is 0 Å². The number of morpholine rings is 1. The Morgan fingerprint density at radius 2 is 2.08 bits per heavy atom. The van der Waals surface area contributed by atoms with Gasteiger partial charge in [0, 0.05) is 38.4 Å². The predicted octanol–water partition coefficient (Wildman–Crippen LogP) is 0.797. The topological polar surface area (TPSA) is 84.4 Å². The molecule has 7 heteroatoms. The van der Waals surface area contributed by atoms with Crippen molar-refractivity contribution in [2.45, 2.75) is 45.3 Å². The molecular weight excluding hydrogens is 320 g/mol. The molecule has 1 N–H and O–H groups in total. The normalized spacial score (nSPS) is 25.2. The van der Waals surface area contributed by atoms with E-state index in [0.717, 1.165) is 5.56 Å². The minimum atomic E-state index is -0.185. The molecule has 0 spiro atoms. The number of aromatic nitrogens is 2. The number of amides is 2. The maximum Gasteiger partial charge on any atom is 0.225 e. The lowest BCUT2D eigenvalue weighted by Crippen LogP contribution is -2.48. The van der Waals surface area contributed by atoms with Gasteiger partial charge in [0.15, 0.2) is 0 Å². The third kappa shape index (κ3) is 4.54. The van der Waals surface area contributed by atoms with Crippen LogP contribution in [0.25, 0.3) is 0 Å². The summed E-state index contributed by atoms with van der Waals surface area (Å²) in [6.45, 7) is 5.90. The van der Waals surface area contributed by atoms with Crippen molar-refractivity contribution in [3.05, 3.63) is 24.3 Å². The fraction of sp³-hybridized carbons (Fsp3) is 0.667. The van der Waals surface area contributed by atoms with Crippen LogP contribution < -0.4 is 5.32 Å². The predicted molar refractivity (Wildman–Crippen MR) is 91.5 cm³/mol. The van der Waals surface area contributed by atoms with Gasteiger partial charge in [-0.15, -0.1) is 0 Å². The monoisotopic (exact) mass is 346 g/mol. The van der Waals surface area contributed by atoms with Crippen LogP contribution in [0, 0.1) is 11.8 Å². The SMILES string of the molecule is CC(C)CNC(=O)C1CC2CN(C(=O)CCc3cncnc3)CC1O2. The maximum atomic E-state index is 12.5. The van der Waals surface area contributed by atoms with Gasteiger partial charge in [-0.1, -0.05) is 13.8 Å². The molecule has 3 unspecified atom stereocenters. The summed E-state index contributed by atoms with van der Waals surface area (Å²) in [5, 5.41) is 2.99. The quantitative estimate of drug-likeness (QED) is 0.823. The fourth-order valence-electron chi connectivity index (χ4n) is 3.44. The van der Waals surface area contributed by atoms with Crippen molar-refractivity contribution in [3.63, 3.8) is 0 Å². The summed E-state index contributed by atoms with van der Waals surface area (Å²) < 4.78 is 5.91. The largest absolute Gasteiger partial charge is 0.370 e. The Morgan fingerprint density at radius 3 is 2.80 bits per heavy atom. The Hall–Kier alpha value is -2.02. The Bertz CT molecular complexity index is 608. The van der Waals surface area contributed by atoms with Gasteiger partial charge in [0.2, 0.25) is 11.8 Å². The van der Waals surface area contributed by atoms with Crippen LogP contribution in [-0.2, 0) is 20.7 Å². The highest BCUT2D eigenvalue weighted by atomic mass is 16.5. The number of nitrogens with zero attached hydrogens (tertiary/aromatic N) is 3. The van der Waals surface area contributed by atoms with Crippen molar-refractivity contribution in [1.82, 2.24) is 20.2 Å². The van der Waals surface area contributed by atoms with Gasteiger partial charge < -0.3 is 15.0 Å². The summed E-state index contributed by atoms with van der Waals surface area (Å²) in [5.74, 6) is 0.428. The second-order valence-corrected chi connectivity index (χ2v) is 7.32. The number of nitrogens with one attached hydrogen (secondary N) is 1. The Balaban J connectivity index is 1.51. The molecule has 0 radical (unpaired) electrons. The van der Waals surface area contributed by atoms with E-state index in [2.05, 4.69) is 29.1 Å². The molecule has 3 rings (SSSR count). The average molecular weight is 346 g/mol. The zero-order chi connectivity index (χ0) is 17.8. The van der Waals surface area contributed by atoms with E-state index in [1.54, 1.807) is 12.4 Å². The molecular formula is C18H26N4O3. The minimum Gasteiger partial charge on any atom is -0.370 e. The number of aryl methyl sites for hydroxylation is 1. The van der Waals surface area contributed by atoms with Crippen LogP contribution in [-0.4, -0.2) is 58.5 Å². The summed E-state index contributed by atoms with van der Waals surface area (Å²) in [4.78, 5) is 34.7. The number of hydrogen-bond acceptors (Lipinski definition) is 5. The van der Waals surface area contributed by atoms with Gasteiger partial charge >= 0.3 is 0 Å². The van der Waals surface area contributed by atoms with E-state index in [0.29, 0.717) is 44.8 Å². The molecule has 2 bridgehead atoms. The number of fused-ring (bicyclic) bond motifs is 2. The van der Waals surface area contributed by atoms with Crippen molar-refractivity contribution in [3.8, 4) is 0 Å². The molecule has 2 aliphatic heterocycles. The van der Waals surface area contributed by atoms with E-state index in [-0.39, 0.29) is 29.9 Å². The van der Waals surface area contributed by atoms with Gasteiger partial charge in [0.05, 0.1) is 18.1 Å². The van der Waals surface area contributed by atoms with E-state index < -0.39 is 0 Å². The maximum absolute atomic E-state index is 12.5. The van der Waals surface area contributed by atoms with Crippen molar-refractivity contribution in [2.24, 2.45) is 11.8 Å². The van der Waals surface area contributed by atoms with Crippen LogP contribution in [0.15, 0.2) is 18.7 Å². The molecule has 3 atom stereocenters.